The maximum absolute atomic E-state index is 11.8. The van der Waals surface area contributed by atoms with E-state index in [2.05, 4.69) is 15.9 Å². The van der Waals surface area contributed by atoms with Gasteiger partial charge in [-0.25, -0.2) is 0 Å². The molecule has 15 heavy (non-hydrogen) atoms. The smallest absolute Gasteiger partial charge is 0.181 e. The van der Waals surface area contributed by atoms with Crippen LogP contribution in [-0.4, -0.2) is 23.6 Å². The summed E-state index contributed by atoms with van der Waals surface area (Å²) in [6.07, 6.45) is 0. The van der Waals surface area contributed by atoms with Gasteiger partial charge in [0, 0.05) is 10.9 Å². The summed E-state index contributed by atoms with van der Waals surface area (Å²) >= 11 is 14.6. The highest BCUT2D eigenvalue weighted by Gasteiger charge is 2.19. The van der Waals surface area contributed by atoms with Crippen molar-refractivity contribution in [2.24, 2.45) is 0 Å². The Labute approximate surface area is 107 Å². The second kappa shape index (κ2) is 5.73. The lowest BCUT2D eigenvalue weighted by Crippen LogP contribution is -2.16. The maximum atomic E-state index is 11.8. The van der Waals surface area contributed by atoms with Gasteiger partial charge in [0.1, 0.15) is 5.75 Å². The molecule has 0 heterocycles. The normalized spacial score (nSPS) is 12.3. The Balaban J connectivity index is 3.11. The van der Waals surface area contributed by atoms with Crippen LogP contribution in [0.3, 0.4) is 0 Å². The van der Waals surface area contributed by atoms with Crippen molar-refractivity contribution in [3.8, 4) is 5.75 Å². The minimum absolute atomic E-state index is 0.135. The van der Waals surface area contributed by atoms with E-state index in [0.29, 0.717) is 16.3 Å². The van der Waals surface area contributed by atoms with Crippen molar-refractivity contribution in [3.05, 3.63) is 28.8 Å². The molecule has 0 N–H and O–H groups in total. The van der Waals surface area contributed by atoms with Crippen molar-refractivity contribution in [2.75, 3.05) is 13.0 Å². The zero-order chi connectivity index (χ0) is 11.4. The van der Waals surface area contributed by atoms with Crippen molar-refractivity contribution in [1.29, 1.82) is 0 Å². The van der Waals surface area contributed by atoms with Gasteiger partial charge in [0.2, 0.25) is 0 Å². The molecule has 0 saturated heterocycles. The lowest BCUT2D eigenvalue weighted by molar-refractivity contribution is 0.0994. The number of Topliss-reactive ketones (excluding diaryl/α,β-unsaturated/α-hetero) is 1. The molecule has 0 fully saturated rings. The largest absolute Gasteiger partial charge is 0.496 e. The quantitative estimate of drug-likeness (QED) is 0.628. The number of benzene rings is 1. The summed E-state index contributed by atoms with van der Waals surface area (Å²) in [5.41, 5.74) is 0.438. The summed E-state index contributed by atoms with van der Waals surface area (Å²) in [4.78, 5) is 11.4. The monoisotopic (exact) mass is 310 g/mol. The second-order valence-electron chi connectivity index (χ2n) is 2.83. The molecule has 0 aliphatic heterocycles. The molecule has 1 unspecified atom stereocenters. The summed E-state index contributed by atoms with van der Waals surface area (Å²) < 4.78 is 5.07. The summed E-state index contributed by atoms with van der Waals surface area (Å²) in [5, 5.41) is 0.494. The number of carbonyl (C=O) groups is 1. The fourth-order valence-corrected chi connectivity index (χ4v) is 1.67. The number of hydrogen-bond donors (Lipinski definition) is 0. The Morgan fingerprint density at radius 1 is 1.60 bits per heavy atom. The number of rotatable bonds is 4. The van der Waals surface area contributed by atoms with E-state index in [1.807, 2.05) is 0 Å². The lowest BCUT2D eigenvalue weighted by Gasteiger charge is -2.10. The Bertz CT molecular complexity index is 368. The van der Waals surface area contributed by atoms with Crippen LogP contribution in [0.25, 0.3) is 0 Å². The van der Waals surface area contributed by atoms with Crippen molar-refractivity contribution >= 4 is 44.9 Å². The highest BCUT2D eigenvalue weighted by molar-refractivity contribution is 9.10. The van der Waals surface area contributed by atoms with Gasteiger partial charge in [0.25, 0.3) is 0 Å². The van der Waals surface area contributed by atoms with Crippen molar-refractivity contribution in [2.45, 2.75) is 4.83 Å². The van der Waals surface area contributed by atoms with E-state index in [1.54, 1.807) is 18.2 Å². The van der Waals surface area contributed by atoms with Crippen LogP contribution in [0.15, 0.2) is 18.2 Å². The molecule has 0 spiro atoms. The van der Waals surface area contributed by atoms with E-state index in [0.717, 1.165) is 0 Å². The molecule has 1 aromatic carbocycles. The molecule has 0 aliphatic carbocycles. The Hall–Kier alpha value is -0.250. The maximum Gasteiger partial charge on any atom is 0.181 e. The van der Waals surface area contributed by atoms with Crippen LogP contribution in [0.2, 0.25) is 5.02 Å². The van der Waals surface area contributed by atoms with Crippen molar-refractivity contribution in [1.82, 2.24) is 0 Å². The van der Waals surface area contributed by atoms with E-state index >= 15 is 0 Å². The van der Waals surface area contributed by atoms with E-state index in [9.17, 15) is 4.79 Å². The standard InChI is InChI=1S/C10H9BrCl2O2/c1-15-9-3-2-6(13)4-7(9)10(14)8(11)5-12/h2-4,8H,5H2,1H3. The molecule has 0 amide bonds. The van der Waals surface area contributed by atoms with Crippen LogP contribution in [-0.2, 0) is 0 Å². The summed E-state index contributed by atoms with van der Waals surface area (Å²) in [6, 6.07) is 4.90. The molecular formula is C10H9BrCl2O2. The predicted octanol–water partition coefficient (Wildman–Crippen LogP) is 3.53. The number of hydrogen-bond acceptors (Lipinski definition) is 2. The first-order valence-electron chi connectivity index (χ1n) is 4.18. The fraction of sp³-hybridized carbons (Fsp3) is 0.300. The summed E-state index contributed by atoms with van der Waals surface area (Å²) in [7, 11) is 1.50. The third-order valence-corrected chi connectivity index (χ3v) is 3.50. The molecule has 1 atom stereocenters. The Morgan fingerprint density at radius 3 is 2.80 bits per heavy atom. The summed E-state index contributed by atoms with van der Waals surface area (Å²) in [6.45, 7) is 0. The lowest BCUT2D eigenvalue weighted by atomic mass is 10.1. The van der Waals surface area contributed by atoms with Crippen LogP contribution in [0.1, 0.15) is 10.4 Å². The minimum Gasteiger partial charge on any atom is -0.496 e. The average molecular weight is 312 g/mol. The second-order valence-corrected chi connectivity index (χ2v) is 4.68. The van der Waals surface area contributed by atoms with Crippen LogP contribution >= 0.6 is 39.1 Å². The fourth-order valence-electron chi connectivity index (χ4n) is 1.11. The van der Waals surface area contributed by atoms with Gasteiger partial charge in [0.15, 0.2) is 5.78 Å². The van der Waals surface area contributed by atoms with Gasteiger partial charge in [-0.3, -0.25) is 4.79 Å². The van der Waals surface area contributed by atoms with Gasteiger partial charge in [-0.15, -0.1) is 11.6 Å². The van der Waals surface area contributed by atoms with Crippen LogP contribution in [0.5, 0.6) is 5.75 Å². The molecule has 0 aliphatic rings. The molecule has 2 nitrogen and oxygen atoms in total. The Morgan fingerprint density at radius 2 is 2.27 bits per heavy atom. The van der Waals surface area contributed by atoms with E-state index < -0.39 is 4.83 Å². The number of ketones is 1. The number of carbonyl (C=O) groups excluding carboxylic acids is 1. The number of ether oxygens (including phenoxy) is 1. The van der Waals surface area contributed by atoms with Crippen LogP contribution in [0.4, 0.5) is 0 Å². The molecule has 0 bridgehead atoms. The molecule has 1 aromatic rings. The van der Waals surface area contributed by atoms with Crippen LogP contribution < -0.4 is 4.74 Å². The highest BCUT2D eigenvalue weighted by atomic mass is 79.9. The van der Waals surface area contributed by atoms with E-state index in [1.165, 1.54) is 7.11 Å². The molecule has 5 heteroatoms. The zero-order valence-corrected chi connectivity index (χ0v) is 11.1. The van der Waals surface area contributed by atoms with Crippen molar-refractivity contribution < 1.29 is 9.53 Å². The van der Waals surface area contributed by atoms with Gasteiger partial charge in [-0.05, 0) is 18.2 Å². The summed E-state index contributed by atoms with van der Waals surface area (Å²) in [5.74, 6) is 0.567. The number of methoxy groups -OCH3 is 1. The predicted molar refractivity (Wildman–Crippen MR) is 65.8 cm³/mol. The van der Waals surface area contributed by atoms with E-state index in [4.69, 9.17) is 27.9 Å². The topological polar surface area (TPSA) is 26.3 Å². The van der Waals surface area contributed by atoms with Gasteiger partial charge >= 0.3 is 0 Å². The zero-order valence-electron chi connectivity index (χ0n) is 7.97. The van der Waals surface area contributed by atoms with Crippen LogP contribution in [0, 0.1) is 0 Å². The molecule has 0 radical (unpaired) electrons. The third kappa shape index (κ3) is 3.10. The van der Waals surface area contributed by atoms with Gasteiger partial charge in [-0.2, -0.15) is 0 Å². The highest BCUT2D eigenvalue weighted by Crippen LogP contribution is 2.25. The molecular weight excluding hydrogens is 303 g/mol. The third-order valence-electron chi connectivity index (χ3n) is 1.85. The first-order valence-corrected chi connectivity index (χ1v) is 6.00. The number of alkyl halides is 2. The SMILES string of the molecule is COc1ccc(Cl)cc1C(=O)C(Br)CCl. The molecule has 0 aromatic heterocycles. The van der Waals surface area contributed by atoms with Gasteiger partial charge in [-0.1, -0.05) is 27.5 Å². The van der Waals surface area contributed by atoms with Crippen molar-refractivity contribution in [3.63, 3.8) is 0 Å². The molecule has 1 rings (SSSR count). The van der Waals surface area contributed by atoms with Gasteiger partial charge < -0.3 is 4.74 Å². The molecule has 82 valence electrons. The van der Waals surface area contributed by atoms with E-state index in [-0.39, 0.29) is 11.7 Å². The number of halogens is 3. The average Bonchev–Trinajstić information content (AvgIpc) is 2.27. The Kier molecular flexibility index (Phi) is 4.90. The van der Waals surface area contributed by atoms with Gasteiger partial charge in [0.05, 0.1) is 17.5 Å². The minimum atomic E-state index is -0.425. The molecule has 0 saturated carbocycles. The first kappa shape index (κ1) is 12.8. The first-order chi connectivity index (χ1) is 7.10.